The van der Waals surface area contributed by atoms with Gasteiger partial charge >= 0.3 is 0 Å². The second-order valence-corrected chi connectivity index (χ2v) is 8.13. The number of rotatable bonds is 4. The van der Waals surface area contributed by atoms with E-state index in [4.69, 9.17) is 0 Å². The van der Waals surface area contributed by atoms with E-state index in [1.165, 1.54) is 18.0 Å². The normalized spacial score (nSPS) is 17.7. The fourth-order valence-corrected chi connectivity index (χ4v) is 3.51. The lowest BCUT2D eigenvalue weighted by molar-refractivity contribution is 0.198. The number of anilines is 1. The van der Waals surface area contributed by atoms with Gasteiger partial charge in [-0.05, 0) is 30.7 Å². The lowest BCUT2D eigenvalue weighted by atomic mass is 10.1. The molecule has 0 aromatic carbocycles. The summed E-state index contributed by atoms with van der Waals surface area (Å²) in [4.78, 5) is 13.4. The molecule has 1 unspecified atom stereocenters. The number of aromatic nitrogens is 2. The molecule has 3 heterocycles. The number of hydrogen-bond acceptors (Lipinski definition) is 6. The minimum atomic E-state index is -3.20. The Bertz CT molecular complexity index is 770. The lowest BCUT2D eigenvalue weighted by Gasteiger charge is -2.38. The second kappa shape index (κ2) is 6.86. The van der Waals surface area contributed by atoms with Crippen LogP contribution in [0.5, 0.6) is 0 Å². The predicted molar refractivity (Wildman–Crippen MR) is 93.8 cm³/mol. The highest BCUT2D eigenvalue weighted by Crippen LogP contribution is 2.22. The van der Waals surface area contributed by atoms with Gasteiger partial charge in [-0.2, -0.15) is 0 Å². The molecule has 7 heteroatoms. The Morgan fingerprint density at radius 2 is 1.83 bits per heavy atom. The Balaban J connectivity index is 1.63. The van der Waals surface area contributed by atoms with Crippen molar-refractivity contribution in [1.82, 2.24) is 14.9 Å². The molecule has 1 atom stereocenters. The average Bonchev–Trinajstić information content (AvgIpc) is 2.61. The SMILES string of the molecule is CC(c1cccnc1)N1CCN(c2ccc(S(C)(=O)=O)cn2)CC1. The van der Waals surface area contributed by atoms with E-state index in [1.54, 1.807) is 18.3 Å². The van der Waals surface area contributed by atoms with Crippen LogP contribution in [0.15, 0.2) is 47.8 Å². The lowest BCUT2D eigenvalue weighted by Crippen LogP contribution is -2.47. The van der Waals surface area contributed by atoms with Crippen LogP contribution in [-0.2, 0) is 9.84 Å². The summed E-state index contributed by atoms with van der Waals surface area (Å²) in [6.45, 7) is 5.81. The van der Waals surface area contributed by atoms with Gasteiger partial charge in [-0.1, -0.05) is 6.07 Å². The first kappa shape index (κ1) is 16.9. The molecule has 24 heavy (non-hydrogen) atoms. The Kier molecular flexibility index (Phi) is 4.82. The van der Waals surface area contributed by atoms with Crippen molar-refractivity contribution in [1.29, 1.82) is 0 Å². The van der Waals surface area contributed by atoms with Crippen LogP contribution in [0.1, 0.15) is 18.5 Å². The fourth-order valence-electron chi connectivity index (χ4n) is 2.95. The zero-order chi connectivity index (χ0) is 17.2. The monoisotopic (exact) mass is 346 g/mol. The van der Waals surface area contributed by atoms with Crippen molar-refractivity contribution in [2.24, 2.45) is 0 Å². The molecule has 128 valence electrons. The largest absolute Gasteiger partial charge is 0.354 e. The molecule has 0 saturated carbocycles. The highest BCUT2D eigenvalue weighted by molar-refractivity contribution is 7.90. The molecule has 3 rings (SSSR count). The van der Waals surface area contributed by atoms with E-state index in [0.29, 0.717) is 6.04 Å². The maximum Gasteiger partial charge on any atom is 0.177 e. The molecule has 2 aromatic rings. The smallest absolute Gasteiger partial charge is 0.177 e. The quantitative estimate of drug-likeness (QED) is 0.840. The van der Waals surface area contributed by atoms with E-state index < -0.39 is 9.84 Å². The molecular formula is C17H22N4O2S. The molecule has 0 spiro atoms. The molecule has 6 nitrogen and oxygen atoms in total. The Morgan fingerprint density at radius 1 is 1.08 bits per heavy atom. The van der Waals surface area contributed by atoms with Gasteiger partial charge in [0.1, 0.15) is 5.82 Å². The summed E-state index contributed by atoms with van der Waals surface area (Å²) in [6.07, 6.45) is 6.35. The van der Waals surface area contributed by atoms with Gasteiger partial charge in [0.05, 0.1) is 4.90 Å². The number of sulfone groups is 1. The maximum absolute atomic E-state index is 11.5. The van der Waals surface area contributed by atoms with E-state index in [0.717, 1.165) is 32.0 Å². The van der Waals surface area contributed by atoms with Gasteiger partial charge < -0.3 is 4.90 Å². The van der Waals surface area contributed by atoms with Gasteiger partial charge in [-0.15, -0.1) is 0 Å². The first-order chi connectivity index (χ1) is 11.4. The molecule has 1 saturated heterocycles. The van der Waals surface area contributed by atoms with Crippen LogP contribution in [0.4, 0.5) is 5.82 Å². The van der Waals surface area contributed by atoms with Crippen molar-refractivity contribution in [3.63, 3.8) is 0 Å². The zero-order valence-corrected chi connectivity index (χ0v) is 14.8. The van der Waals surface area contributed by atoms with Crippen molar-refractivity contribution < 1.29 is 8.42 Å². The first-order valence-corrected chi connectivity index (χ1v) is 9.89. The van der Waals surface area contributed by atoms with Crippen LogP contribution in [-0.4, -0.2) is 55.7 Å². The van der Waals surface area contributed by atoms with Crippen LogP contribution in [0, 0.1) is 0 Å². The van der Waals surface area contributed by atoms with E-state index in [1.807, 2.05) is 12.3 Å². The molecule has 0 N–H and O–H groups in total. The summed E-state index contributed by atoms with van der Waals surface area (Å²) in [5, 5.41) is 0. The van der Waals surface area contributed by atoms with Gasteiger partial charge in [0, 0.05) is 57.1 Å². The molecule has 0 radical (unpaired) electrons. The number of hydrogen-bond donors (Lipinski definition) is 0. The van der Waals surface area contributed by atoms with Crippen molar-refractivity contribution in [2.45, 2.75) is 17.9 Å². The summed E-state index contributed by atoms with van der Waals surface area (Å²) >= 11 is 0. The second-order valence-electron chi connectivity index (χ2n) is 6.11. The van der Waals surface area contributed by atoms with Crippen LogP contribution >= 0.6 is 0 Å². The Labute approximate surface area is 143 Å². The van der Waals surface area contributed by atoms with Gasteiger partial charge in [-0.3, -0.25) is 9.88 Å². The molecule has 2 aromatic heterocycles. The van der Waals surface area contributed by atoms with Crippen molar-refractivity contribution in [3.05, 3.63) is 48.4 Å². The molecule has 0 amide bonds. The number of pyridine rings is 2. The molecule has 1 aliphatic rings. The fraction of sp³-hybridized carbons (Fsp3) is 0.412. The standard InChI is InChI=1S/C17H22N4O2S/c1-14(15-4-3-7-18-12-15)20-8-10-21(11-9-20)17-6-5-16(13-19-17)24(2,22)23/h3-7,12-14H,8-11H2,1-2H3. The van der Waals surface area contributed by atoms with Crippen molar-refractivity contribution >= 4 is 15.7 Å². The minimum absolute atomic E-state index is 0.259. The first-order valence-electron chi connectivity index (χ1n) is 8.00. The summed E-state index contributed by atoms with van der Waals surface area (Å²) in [6, 6.07) is 7.82. The van der Waals surface area contributed by atoms with Crippen LogP contribution in [0.3, 0.4) is 0 Å². The third-order valence-electron chi connectivity index (χ3n) is 4.50. The van der Waals surface area contributed by atoms with Gasteiger partial charge in [0.15, 0.2) is 9.84 Å². The van der Waals surface area contributed by atoms with Crippen LogP contribution in [0.25, 0.3) is 0 Å². The molecule has 0 bridgehead atoms. The molecule has 1 fully saturated rings. The topological polar surface area (TPSA) is 66.4 Å². The Morgan fingerprint density at radius 3 is 2.38 bits per heavy atom. The van der Waals surface area contributed by atoms with Crippen molar-refractivity contribution in [3.8, 4) is 0 Å². The van der Waals surface area contributed by atoms with E-state index >= 15 is 0 Å². The van der Waals surface area contributed by atoms with E-state index in [-0.39, 0.29) is 4.90 Å². The third kappa shape index (κ3) is 3.73. The van der Waals surface area contributed by atoms with Crippen LogP contribution in [0.2, 0.25) is 0 Å². The molecule has 1 aliphatic heterocycles. The van der Waals surface area contributed by atoms with Crippen molar-refractivity contribution in [2.75, 3.05) is 37.3 Å². The summed E-state index contributed by atoms with van der Waals surface area (Å²) < 4.78 is 23.0. The summed E-state index contributed by atoms with van der Waals surface area (Å²) in [5.74, 6) is 0.830. The summed E-state index contributed by atoms with van der Waals surface area (Å²) in [7, 11) is -3.20. The van der Waals surface area contributed by atoms with Crippen LogP contribution < -0.4 is 4.90 Å². The third-order valence-corrected chi connectivity index (χ3v) is 5.60. The molecular weight excluding hydrogens is 324 g/mol. The zero-order valence-electron chi connectivity index (χ0n) is 14.0. The van der Waals surface area contributed by atoms with Gasteiger partial charge in [0.25, 0.3) is 0 Å². The molecule has 0 aliphatic carbocycles. The predicted octanol–water partition coefficient (Wildman–Crippen LogP) is 1.76. The van der Waals surface area contributed by atoms with Gasteiger partial charge in [0.2, 0.25) is 0 Å². The maximum atomic E-state index is 11.5. The van der Waals surface area contributed by atoms with E-state index in [9.17, 15) is 8.42 Å². The van der Waals surface area contributed by atoms with Gasteiger partial charge in [-0.25, -0.2) is 13.4 Å². The minimum Gasteiger partial charge on any atom is -0.354 e. The number of nitrogens with zero attached hydrogens (tertiary/aromatic N) is 4. The van der Waals surface area contributed by atoms with E-state index in [2.05, 4.69) is 32.8 Å². The Hall–Kier alpha value is -1.99. The highest BCUT2D eigenvalue weighted by atomic mass is 32.2. The summed E-state index contributed by atoms with van der Waals surface area (Å²) in [5.41, 5.74) is 1.22. The number of piperazine rings is 1. The average molecular weight is 346 g/mol. The highest BCUT2D eigenvalue weighted by Gasteiger charge is 2.23.